The second kappa shape index (κ2) is 7.52. The Kier molecular flexibility index (Phi) is 7.17. The molecule has 0 aromatic heterocycles. The van der Waals surface area contributed by atoms with Gasteiger partial charge in [0.15, 0.2) is 0 Å². The third-order valence-electron chi connectivity index (χ3n) is 3.27. The van der Waals surface area contributed by atoms with Crippen LogP contribution in [0.2, 0.25) is 0 Å². The van der Waals surface area contributed by atoms with Gasteiger partial charge in [0.05, 0.1) is 0 Å². The van der Waals surface area contributed by atoms with Crippen LogP contribution in [0.5, 0.6) is 0 Å². The van der Waals surface area contributed by atoms with E-state index in [4.69, 9.17) is 4.74 Å². The molecule has 0 heterocycles. The third kappa shape index (κ3) is 6.50. The lowest BCUT2D eigenvalue weighted by Crippen LogP contribution is -2.33. The summed E-state index contributed by atoms with van der Waals surface area (Å²) in [5, 5.41) is 0. The molecule has 0 fully saturated rings. The molecule has 0 spiro atoms. The minimum Gasteiger partial charge on any atom is -0.459 e. The van der Waals surface area contributed by atoms with Crippen molar-refractivity contribution in [3.63, 3.8) is 0 Å². The number of carbonyl (C=O) groups is 1. The van der Waals surface area contributed by atoms with E-state index in [1.807, 2.05) is 0 Å². The fourth-order valence-corrected chi connectivity index (χ4v) is 2.11. The van der Waals surface area contributed by atoms with Crippen molar-refractivity contribution < 1.29 is 9.53 Å². The first-order valence-electron chi connectivity index (χ1n) is 6.66. The second-order valence-corrected chi connectivity index (χ2v) is 5.81. The minimum absolute atomic E-state index is 0.0137. The highest BCUT2D eigenvalue weighted by atomic mass is 16.5. The Hall–Kier alpha value is -0.790. The first-order valence-corrected chi connectivity index (χ1v) is 6.66. The van der Waals surface area contributed by atoms with E-state index in [9.17, 15) is 4.79 Å². The number of hydrogen-bond acceptors (Lipinski definition) is 2. The molecular formula is C15H28O2. The zero-order valence-electron chi connectivity index (χ0n) is 12.1. The summed E-state index contributed by atoms with van der Waals surface area (Å²) in [5.74, 6) is 0.426. The molecule has 0 N–H and O–H groups in total. The molecule has 0 radical (unpaired) electrons. The van der Waals surface area contributed by atoms with Crippen LogP contribution in [0.1, 0.15) is 60.3 Å². The Morgan fingerprint density at radius 1 is 1.41 bits per heavy atom. The van der Waals surface area contributed by atoms with Crippen LogP contribution in [0.3, 0.4) is 0 Å². The SMILES string of the molecule is C=CC(=O)OC(CC)C(C)(C)CCCC(C)C. The molecule has 0 rings (SSSR count). The minimum atomic E-state index is -0.311. The molecular weight excluding hydrogens is 212 g/mol. The van der Waals surface area contributed by atoms with E-state index in [0.29, 0.717) is 0 Å². The monoisotopic (exact) mass is 240 g/mol. The molecule has 2 nitrogen and oxygen atoms in total. The number of ether oxygens (including phenoxy) is 1. The zero-order valence-corrected chi connectivity index (χ0v) is 12.1. The number of rotatable bonds is 8. The van der Waals surface area contributed by atoms with Crippen LogP contribution in [0.15, 0.2) is 12.7 Å². The molecule has 2 heteroatoms. The van der Waals surface area contributed by atoms with Crippen molar-refractivity contribution in [2.45, 2.75) is 66.4 Å². The molecule has 0 aliphatic heterocycles. The van der Waals surface area contributed by atoms with Gasteiger partial charge in [-0.2, -0.15) is 0 Å². The maximum atomic E-state index is 11.3. The Bertz CT molecular complexity index is 241. The normalized spacial score (nSPS) is 13.5. The summed E-state index contributed by atoms with van der Waals surface area (Å²) in [6, 6.07) is 0. The van der Waals surface area contributed by atoms with Crippen LogP contribution in [0.4, 0.5) is 0 Å². The lowest BCUT2D eigenvalue weighted by Gasteiger charge is -2.33. The van der Waals surface area contributed by atoms with Gasteiger partial charge in [-0.15, -0.1) is 0 Å². The van der Waals surface area contributed by atoms with Crippen LogP contribution >= 0.6 is 0 Å². The highest BCUT2D eigenvalue weighted by Gasteiger charge is 2.30. The van der Waals surface area contributed by atoms with Gasteiger partial charge in [0, 0.05) is 11.5 Å². The van der Waals surface area contributed by atoms with Gasteiger partial charge in [-0.25, -0.2) is 4.79 Å². The highest BCUT2D eigenvalue weighted by Crippen LogP contribution is 2.32. The van der Waals surface area contributed by atoms with Gasteiger partial charge in [0.2, 0.25) is 0 Å². The Morgan fingerprint density at radius 3 is 2.41 bits per heavy atom. The van der Waals surface area contributed by atoms with E-state index >= 15 is 0 Å². The molecule has 0 aliphatic carbocycles. The smallest absolute Gasteiger partial charge is 0.330 e. The lowest BCUT2D eigenvalue weighted by atomic mass is 9.79. The summed E-state index contributed by atoms with van der Waals surface area (Å²) >= 11 is 0. The molecule has 0 bridgehead atoms. The van der Waals surface area contributed by atoms with Crippen LogP contribution < -0.4 is 0 Å². The summed E-state index contributed by atoms with van der Waals surface area (Å²) in [6.45, 7) is 14.3. The largest absolute Gasteiger partial charge is 0.459 e. The number of esters is 1. The topological polar surface area (TPSA) is 26.3 Å². The molecule has 100 valence electrons. The molecule has 0 saturated carbocycles. The summed E-state index contributed by atoms with van der Waals surface area (Å²) < 4.78 is 5.41. The molecule has 0 saturated heterocycles. The van der Waals surface area contributed by atoms with Crippen LogP contribution in [-0.2, 0) is 9.53 Å². The van der Waals surface area contributed by atoms with Gasteiger partial charge in [0.1, 0.15) is 6.10 Å². The van der Waals surface area contributed by atoms with Gasteiger partial charge in [-0.1, -0.05) is 54.0 Å². The van der Waals surface area contributed by atoms with Crippen LogP contribution in [-0.4, -0.2) is 12.1 Å². The zero-order chi connectivity index (χ0) is 13.5. The van der Waals surface area contributed by atoms with Gasteiger partial charge < -0.3 is 4.74 Å². The first-order chi connectivity index (χ1) is 7.83. The Labute approximate surface area is 106 Å². The number of carbonyl (C=O) groups excluding carboxylic acids is 1. The molecule has 0 aliphatic rings. The van der Waals surface area contributed by atoms with E-state index in [0.717, 1.165) is 18.8 Å². The van der Waals surface area contributed by atoms with E-state index < -0.39 is 0 Å². The van der Waals surface area contributed by atoms with Crippen molar-refractivity contribution in [2.24, 2.45) is 11.3 Å². The molecule has 1 atom stereocenters. The first kappa shape index (κ1) is 16.2. The molecule has 17 heavy (non-hydrogen) atoms. The number of hydrogen-bond donors (Lipinski definition) is 0. The van der Waals surface area contributed by atoms with E-state index in [-0.39, 0.29) is 17.5 Å². The maximum absolute atomic E-state index is 11.3. The summed E-state index contributed by atoms with van der Waals surface area (Å²) in [5.41, 5.74) is 0.0440. The third-order valence-corrected chi connectivity index (χ3v) is 3.27. The van der Waals surface area contributed by atoms with Crippen molar-refractivity contribution in [3.8, 4) is 0 Å². The van der Waals surface area contributed by atoms with Crippen molar-refractivity contribution >= 4 is 5.97 Å². The van der Waals surface area contributed by atoms with Gasteiger partial charge in [-0.3, -0.25) is 0 Å². The van der Waals surface area contributed by atoms with E-state index in [2.05, 4.69) is 41.2 Å². The second-order valence-electron chi connectivity index (χ2n) is 5.81. The lowest BCUT2D eigenvalue weighted by molar-refractivity contribution is -0.149. The predicted molar refractivity (Wildman–Crippen MR) is 72.8 cm³/mol. The molecule has 0 aromatic rings. The highest BCUT2D eigenvalue weighted by molar-refractivity contribution is 5.81. The van der Waals surface area contributed by atoms with E-state index in [1.54, 1.807) is 0 Å². The van der Waals surface area contributed by atoms with Crippen molar-refractivity contribution in [1.82, 2.24) is 0 Å². The van der Waals surface area contributed by atoms with E-state index in [1.165, 1.54) is 18.9 Å². The molecule has 0 amide bonds. The van der Waals surface area contributed by atoms with Gasteiger partial charge in [0.25, 0.3) is 0 Å². The predicted octanol–water partition coefficient (Wildman–Crippen LogP) is 4.35. The molecule has 0 aromatic carbocycles. The van der Waals surface area contributed by atoms with Crippen molar-refractivity contribution in [3.05, 3.63) is 12.7 Å². The average molecular weight is 240 g/mol. The fraction of sp³-hybridized carbons (Fsp3) is 0.800. The van der Waals surface area contributed by atoms with Crippen molar-refractivity contribution in [1.29, 1.82) is 0 Å². The quantitative estimate of drug-likeness (QED) is 0.466. The van der Waals surface area contributed by atoms with Crippen LogP contribution in [0.25, 0.3) is 0 Å². The Balaban J connectivity index is 4.30. The summed E-state index contributed by atoms with van der Waals surface area (Å²) in [6.07, 6.45) is 5.59. The standard InChI is InChI=1S/C15H28O2/c1-7-13(17-14(16)8-2)15(5,6)11-9-10-12(3)4/h8,12-13H,2,7,9-11H2,1,3-6H3. The summed E-state index contributed by atoms with van der Waals surface area (Å²) in [4.78, 5) is 11.3. The van der Waals surface area contributed by atoms with Gasteiger partial charge in [-0.05, 0) is 18.8 Å². The molecule has 1 unspecified atom stereocenters. The van der Waals surface area contributed by atoms with Gasteiger partial charge >= 0.3 is 5.97 Å². The van der Waals surface area contributed by atoms with Crippen LogP contribution in [0, 0.1) is 11.3 Å². The van der Waals surface area contributed by atoms with Crippen molar-refractivity contribution in [2.75, 3.05) is 0 Å². The Morgan fingerprint density at radius 2 is 2.00 bits per heavy atom. The summed E-state index contributed by atoms with van der Waals surface area (Å²) in [7, 11) is 0. The fourth-order valence-electron chi connectivity index (χ4n) is 2.11. The maximum Gasteiger partial charge on any atom is 0.330 e. The average Bonchev–Trinajstić information content (AvgIpc) is 2.24.